The van der Waals surface area contributed by atoms with Crippen molar-refractivity contribution in [2.75, 3.05) is 6.61 Å². The molecule has 1 atom stereocenters. The second kappa shape index (κ2) is 6.32. The molecule has 0 aromatic heterocycles. The molecule has 1 amide bonds. The van der Waals surface area contributed by atoms with Crippen LogP contribution in [0.1, 0.15) is 15.9 Å². The molecule has 5 heteroatoms. The minimum atomic E-state index is -0.512. The molecule has 0 fully saturated rings. The van der Waals surface area contributed by atoms with Crippen LogP contribution in [0.5, 0.6) is 5.75 Å². The first-order valence-electron chi connectivity index (χ1n) is 6.94. The molecule has 1 heterocycles. The first-order chi connectivity index (χ1) is 10.7. The third kappa shape index (κ3) is 3.10. The summed E-state index contributed by atoms with van der Waals surface area (Å²) in [6.07, 6.45) is 1.71. The van der Waals surface area contributed by atoms with Gasteiger partial charge in [0, 0.05) is 0 Å². The van der Waals surface area contributed by atoms with Crippen LogP contribution >= 0.6 is 0 Å². The van der Waals surface area contributed by atoms with Gasteiger partial charge in [-0.15, -0.1) is 0 Å². The number of nitrogens with two attached hydrogens (primary N) is 1. The van der Waals surface area contributed by atoms with Crippen LogP contribution in [0.4, 0.5) is 0 Å². The number of carbonyl (C=O) groups excluding carboxylic acids is 1. The first kappa shape index (κ1) is 14.2. The molecule has 2 aromatic rings. The van der Waals surface area contributed by atoms with Crippen LogP contribution in [-0.2, 0) is 4.84 Å². The second-order valence-corrected chi connectivity index (χ2v) is 4.88. The third-order valence-electron chi connectivity index (χ3n) is 3.31. The quantitative estimate of drug-likeness (QED) is 0.886. The zero-order chi connectivity index (χ0) is 15.4. The summed E-state index contributed by atoms with van der Waals surface area (Å²) in [6, 6.07) is 16.8. The molecule has 3 N–H and O–H groups in total. The molecule has 0 unspecified atom stereocenters. The number of para-hydroxylation sites is 1. The van der Waals surface area contributed by atoms with Gasteiger partial charge in [0.1, 0.15) is 18.5 Å². The van der Waals surface area contributed by atoms with E-state index in [-0.39, 0.29) is 12.7 Å². The maximum atomic E-state index is 11.3. The number of ether oxygens (including phenoxy) is 1. The van der Waals surface area contributed by atoms with E-state index < -0.39 is 5.91 Å². The van der Waals surface area contributed by atoms with Gasteiger partial charge < -0.3 is 10.5 Å². The predicted molar refractivity (Wildman–Crippen MR) is 82.9 cm³/mol. The van der Waals surface area contributed by atoms with Gasteiger partial charge in [-0.2, -0.15) is 0 Å². The van der Waals surface area contributed by atoms with Crippen molar-refractivity contribution < 1.29 is 14.4 Å². The van der Waals surface area contributed by atoms with Crippen molar-refractivity contribution in [3.63, 3.8) is 0 Å². The highest BCUT2D eigenvalue weighted by Crippen LogP contribution is 2.21. The van der Waals surface area contributed by atoms with Gasteiger partial charge in [0.25, 0.3) is 5.91 Å². The van der Waals surface area contributed by atoms with Crippen LogP contribution in [0.25, 0.3) is 5.70 Å². The minimum absolute atomic E-state index is 0.240. The van der Waals surface area contributed by atoms with Crippen LogP contribution < -0.4 is 16.0 Å². The van der Waals surface area contributed by atoms with E-state index in [1.807, 2.05) is 36.4 Å². The Labute approximate surface area is 128 Å². The maximum Gasteiger partial charge on any atom is 0.252 e. The fourth-order valence-corrected chi connectivity index (χ4v) is 2.22. The number of benzene rings is 2. The Morgan fingerprint density at radius 1 is 1.14 bits per heavy atom. The van der Waals surface area contributed by atoms with Gasteiger partial charge in [0.15, 0.2) is 0 Å². The number of primary amides is 1. The highest BCUT2D eigenvalue weighted by atomic mass is 16.7. The zero-order valence-corrected chi connectivity index (χ0v) is 11.9. The Morgan fingerprint density at radius 2 is 1.86 bits per heavy atom. The Morgan fingerprint density at radius 3 is 2.64 bits per heavy atom. The van der Waals surface area contributed by atoms with Crippen LogP contribution in [0, 0.1) is 0 Å². The van der Waals surface area contributed by atoms with E-state index in [1.54, 1.807) is 24.3 Å². The summed E-state index contributed by atoms with van der Waals surface area (Å²) in [5, 5.41) is 0. The number of amides is 1. The molecule has 1 aliphatic rings. The number of nitrogens with one attached hydrogen (secondary N) is 1. The smallest absolute Gasteiger partial charge is 0.252 e. The highest BCUT2D eigenvalue weighted by molar-refractivity contribution is 5.95. The van der Waals surface area contributed by atoms with Crippen molar-refractivity contribution in [3.05, 3.63) is 71.8 Å². The fourth-order valence-electron chi connectivity index (χ4n) is 2.22. The molecule has 2 aromatic carbocycles. The van der Waals surface area contributed by atoms with E-state index in [2.05, 4.69) is 5.48 Å². The molecule has 3 rings (SSSR count). The predicted octanol–water partition coefficient (Wildman–Crippen LogP) is 2.11. The summed E-state index contributed by atoms with van der Waals surface area (Å²) >= 11 is 0. The minimum Gasteiger partial charge on any atom is -0.490 e. The molecule has 0 saturated heterocycles. The van der Waals surface area contributed by atoms with Crippen molar-refractivity contribution in [1.29, 1.82) is 0 Å². The summed E-state index contributed by atoms with van der Waals surface area (Å²) in [6.45, 7) is 0.285. The van der Waals surface area contributed by atoms with Crippen LogP contribution in [-0.4, -0.2) is 18.6 Å². The van der Waals surface area contributed by atoms with Gasteiger partial charge in [-0.3, -0.25) is 15.1 Å². The third-order valence-corrected chi connectivity index (χ3v) is 3.31. The number of carbonyl (C=O) groups is 1. The fraction of sp³-hybridized carbons (Fsp3) is 0.118. The van der Waals surface area contributed by atoms with Crippen molar-refractivity contribution in [1.82, 2.24) is 5.48 Å². The largest absolute Gasteiger partial charge is 0.490 e. The van der Waals surface area contributed by atoms with Crippen LogP contribution in [0.3, 0.4) is 0 Å². The van der Waals surface area contributed by atoms with E-state index in [0.29, 0.717) is 11.3 Å². The van der Waals surface area contributed by atoms with Crippen molar-refractivity contribution in [2.45, 2.75) is 6.10 Å². The summed E-state index contributed by atoms with van der Waals surface area (Å²) in [5.74, 6) is -0.0539. The lowest BCUT2D eigenvalue weighted by atomic mass is 10.1. The molecule has 0 saturated carbocycles. The summed E-state index contributed by atoms with van der Waals surface area (Å²) in [4.78, 5) is 16.8. The Hall–Kier alpha value is -2.79. The second-order valence-electron chi connectivity index (χ2n) is 4.88. The zero-order valence-electron chi connectivity index (χ0n) is 11.9. The average molecular weight is 296 g/mol. The van der Waals surface area contributed by atoms with E-state index in [4.69, 9.17) is 15.3 Å². The van der Waals surface area contributed by atoms with E-state index in [1.165, 1.54) is 0 Å². The van der Waals surface area contributed by atoms with Crippen molar-refractivity contribution >= 4 is 11.6 Å². The van der Waals surface area contributed by atoms with Crippen molar-refractivity contribution in [2.24, 2.45) is 5.73 Å². The molecule has 5 nitrogen and oxygen atoms in total. The van der Waals surface area contributed by atoms with Gasteiger partial charge >= 0.3 is 0 Å². The molecular weight excluding hydrogens is 280 g/mol. The average Bonchev–Trinajstić information content (AvgIpc) is 3.03. The van der Waals surface area contributed by atoms with Gasteiger partial charge in [0.2, 0.25) is 0 Å². The van der Waals surface area contributed by atoms with Gasteiger partial charge in [-0.1, -0.05) is 42.5 Å². The Kier molecular flexibility index (Phi) is 4.07. The standard InChI is InChI=1S/C17H16N2O3/c18-17(20)14-8-4-5-9-16(14)21-11-13-10-15(19-22-13)12-6-2-1-3-7-12/h1-10,13,19H,11H2,(H2,18,20)/t13-/m1/s1. The molecule has 1 aliphatic heterocycles. The summed E-state index contributed by atoms with van der Waals surface area (Å²) < 4.78 is 5.66. The maximum absolute atomic E-state index is 11.3. The van der Waals surface area contributed by atoms with Gasteiger partial charge in [0.05, 0.1) is 11.3 Å². The summed E-state index contributed by atoms with van der Waals surface area (Å²) in [5.41, 5.74) is 10.5. The van der Waals surface area contributed by atoms with Crippen LogP contribution in [0.2, 0.25) is 0 Å². The lowest BCUT2D eigenvalue weighted by Crippen LogP contribution is -2.21. The number of hydrogen-bond acceptors (Lipinski definition) is 4. The highest BCUT2D eigenvalue weighted by Gasteiger charge is 2.19. The summed E-state index contributed by atoms with van der Waals surface area (Å²) in [7, 11) is 0. The molecule has 112 valence electrons. The molecule has 22 heavy (non-hydrogen) atoms. The lowest BCUT2D eigenvalue weighted by Gasteiger charge is -2.12. The van der Waals surface area contributed by atoms with Gasteiger partial charge in [-0.05, 0) is 23.8 Å². The first-order valence-corrected chi connectivity index (χ1v) is 6.94. The van der Waals surface area contributed by atoms with E-state index in [9.17, 15) is 4.79 Å². The lowest BCUT2D eigenvalue weighted by molar-refractivity contribution is 0.0233. The molecule has 0 spiro atoms. The normalized spacial score (nSPS) is 16.7. The van der Waals surface area contributed by atoms with Crippen LogP contribution in [0.15, 0.2) is 60.7 Å². The SMILES string of the molecule is NC(=O)c1ccccc1OC[C@H]1C=C(c2ccccc2)NO1. The van der Waals surface area contributed by atoms with E-state index in [0.717, 1.165) is 11.3 Å². The van der Waals surface area contributed by atoms with Crippen molar-refractivity contribution in [3.8, 4) is 5.75 Å². The monoisotopic (exact) mass is 296 g/mol. The topological polar surface area (TPSA) is 73.6 Å². The molecule has 0 aliphatic carbocycles. The molecular formula is C17H16N2O3. The number of hydrogen-bond donors (Lipinski definition) is 2. The molecule has 0 radical (unpaired) electrons. The Balaban J connectivity index is 1.66. The van der Waals surface area contributed by atoms with E-state index >= 15 is 0 Å². The number of rotatable bonds is 5. The Bertz CT molecular complexity index is 698. The molecule has 0 bridgehead atoms. The van der Waals surface area contributed by atoms with Gasteiger partial charge in [-0.25, -0.2) is 0 Å². The number of hydroxylamine groups is 1.